The minimum absolute atomic E-state index is 0.223. The lowest BCUT2D eigenvalue weighted by atomic mass is 9.80. The molecule has 108 valence electrons. The van der Waals surface area contributed by atoms with Crippen molar-refractivity contribution >= 4 is 17.8 Å². The normalized spacial score (nSPS) is 20.6. The third-order valence-electron chi connectivity index (χ3n) is 3.77. The highest BCUT2D eigenvalue weighted by molar-refractivity contribution is 5.87. The van der Waals surface area contributed by atoms with Crippen molar-refractivity contribution in [3.05, 3.63) is 0 Å². The van der Waals surface area contributed by atoms with E-state index in [9.17, 15) is 14.4 Å². The fourth-order valence-electron chi connectivity index (χ4n) is 2.25. The van der Waals surface area contributed by atoms with Crippen molar-refractivity contribution in [2.45, 2.75) is 46.1 Å². The van der Waals surface area contributed by atoms with Gasteiger partial charge in [-0.2, -0.15) is 0 Å². The van der Waals surface area contributed by atoms with Gasteiger partial charge in [-0.3, -0.25) is 9.59 Å². The first-order chi connectivity index (χ1) is 8.70. The van der Waals surface area contributed by atoms with Crippen LogP contribution >= 0.6 is 0 Å². The zero-order valence-electron chi connectivity index (χ0n) is 11.5. The summed E-state index contributed by atoms with van der Waals surface area (Å²) in [4.78, 5) is 35.6. The molecule has 1 saturated heterocycles. The summed E-state index contributed by atoms with van der Waals surface area (Å²) in [6, 6.07) is -0.741. The largest absolute Gasteiger partial charge is 0.481 e. The number of carbonyl (C=O) groups excluding carboxylic acids is 1. The maximum atomic E-state index is 12.2. The van der Waals surface area contributed by atoms with Crippen LogP contribution in [-0.2, 0) is 14.4 Å². The van der Waals surface area contributed by atoms with Gasteiger partial charge in [0.2, 0.25) is 5.91 Å². The van der Waals surface area contributed by atoms with E-state index in [-0.39, 0.29) is 12.3 Å². The van der Waals surface area contributed by atoms with E-state index in [2.05, 4.69) is 0 Å². The molecule has 6 nitrogen and oxygen atoms in total. The van der Waals surface area contributed by atoms with E-state index in [0.717, 1.165) is 0 Å². The molecule has 0 saturated carbocycles. The van der Waals surface area contributed by atoms with Gasteiger partial charge in [0.1, 0.15) is 6.04 Å². The van der Waals surface area contributed by atoms with Crippen LogP contribution in [0.5, 0.6) is 0 Å². The Morgan fingerprint density at radius 3 is 2.21 bits per heavy atom. The minimum atomic E-state index is -0.994. The van der Waals surface area contributed by atoms with Crippen LogP contribution in [0.1, 0.15) is 40.0 Å². The molecule has 0 aliphatic carbocycles. The summed E-state index contributed by atoms with van der Waals surface area (Å²) in [6.07, 6.45) is 1.21. The van der Waals surface area contributed by atoms with Crippen molar-refractivity contribution in [2.75, 3.05) is 6.54 Å². The van der Waals surface area contributed by atoms with E-state index in [1.54, 1.807) is 13.8 Å². The fourth-order valence-corrected chi connectivity index (χ4v) is 2.25. The van der Waals surface area contributed by atoms with Crippen LogP contribution in [0, 0.1) is 11.3 Å². The molecule has 2 unspecified atom stereocenters. The molecule has 1 aliphatic rings. The molecule has 0 aromatic rings. The Morgan fingerprint density at radius 2 is 1.89 bits per heavy atom. The Bertz CT molecular complexity index is 390. The lowest BCUT2D eigenvalue weighted by Crippen LogP contribution is -2.57. The predicted molar refractivity (Wildman–Crippen MR) is 67.6 cm³/mol. The number of likely N-dealkylation sites (tertiary alicyclic amines) is 1. The molecule has 1 fully saturated rings. The molecule has 1 amide bonds. The third kappa shape index (κ3) is 3.24. The van der Waals surface area contributed by atoms with Crippen LogP contribution in [0.25, 0.3) is 0 Å². The second-order valence-electron chi connectivity index (χ2n) is 5.67. The Labute approximate surface area is 112 Å². The van der Waals surface area contributed by atoms with Gasteiger partial charge in [-0.25, -0.2) is 4.79 Å². The number of carboxylic acids is 2. The molecule has 0 radical (unpaired) electrons. The van der Waals surface area contributed by atoms with E-state index in [4.69, 9.17) is 10.2 Å². The topological polar surface area (TPSA) is 94.9 Å². The Hall–Kier alpha value is -1.59. The summed E-state index contributed by atoms with van der Waals surface area (Å²) in [6.45, 7) is 5.42. The van der Waals surface area contributed by atoms with Gasteiger partial charge in [-0.15, -0.1) is 0 Å². The molecular weight excluding hydrogens is 250 g/mol. The maximum absolute atomic E-state index is 12.2. The van der Waals surface area contributed by atoms with Crippen LogP contribution < -0.4 is 0 Å². The van der Waals surface area contributed by atoms with Crippen molar-refractivity contribution in [3.8, 4) is 0 Å². The molecule has 2 atom stereocenters. The summed E-state index contributed by atoms with van der Waals surface area (Å²) in [5.41, 5.74) is -0.986. The van der Waals surface area contributed by atoms with Crippen molar-refractivity contribution in [2.24, 2.45) is 11.3 Å². The van der Waals surface area contributed by atoms with Gasteiger partial charge in [-0.1, -0.05) is 6.92 Å². The highest BCUT2D eigenvalue weighted by Crippen LogP contribution is 2.31. The molecule has 0 aromatic heterocycles. The summed E-state index contributed by atoms with van der Waals surface area (Å²) in [7, 11) is 0. The Balaban J connectivity index is 2.73. The molecule has 1 heterocycles. The fraction of sp³-hybridized carbons (Fsp3) is 0.769. The summed E-state index contributed by atoms with van der Waals surface area (Å²) in [5.74, 6) is -2.62. The molecular formula is C13H21NO5. The highest BCUT2D eigenvalue weighted by atomic mass is 16.4. The van der Waals surface area contributed by atoms with E-state index in [0.29, 0.717) is 19.4 Å². The average molecular weight is 271 g/mol. The molecule has 0 bridgehead atoms. The van der Waals surface area contributed by atoms with Gasteiger partial charge in [0, 0.05) is 12.5 Å². The molecule has 19 heavy (non-hydrogen) atoms. The first-order valence-electron chi connectivity index (χ1n) is 6.47. The second-order valence-corrected chi connectivity index (χ2v) is 5.67. The maximum Gasteiger partial charge on any atom is 0.326 e. The van der Waals surface area contributed by atoms with Crippen LogP contribution in [0.3, 0.4) is 0 Å². The highest BCUT2D eigenvalue weighted by Gasteiger charge is 2.42. The SMILES string of the molecule is CCC(CC(C)(C)C(=O)O)C(=O)N1CCC1C(=O)O. The number of carbonyl (C=O) groups is 3. The number of aliphatic carboxylic acids is 2. The number of hydrogen-bond acceptors (Lipinski definition) is 3. The first kappa shape index (κ1) is 15.5. The molecule has 1 aliphatic heterocycles. The van der Waals surface area contributed by atoms with E-state index < -0.39 is 29.3 Å². The van der Waals surface area contributed by atoms with Gasteiger partial charge >= 0.3 is 11.9 Å². The number of carboxylic acid groups (broad SMARTS) is 2. The van der Waals surface area contributed by atoms with Gasteiger partial charge in [0.15, 0.2) is 0 Å². The molecule has 0 aromatic carbocycles. The zero-order valence-corrected chi connectivity index (χ0v) is 11.5. The Kier molecular flexibility index (Phi) is 4.55. The average Bonchev–Trinajstić information content (AvgIpc) is 2.22. The minimum Gasteiger partial charge on any atom is -0.481 e. The smallest absolute Gasteiger partial charge is 0.326 e. The monoisotopic (exact) mass is 271 g/mol. The van der Waals surface area contributed by atoms with E-state index in [1.807, 2.05) is 6.92 Å². The standard InChI is InChI=1S/C13H21NO5/c1-4-8(7-13(2,3)12(18)19)10(15)14-6-5-9(14)11(16)17/h8-9H,4-7H2,1-3H3,(H,16,17)(H,18,19). The van der Waals surface area contributed by atoms with Gasteiger partial charge in [-0.05, 0) is 33.1 Å². The van der Waals surface area contributed by atoms with Gasteiger partial charge in [0.25, 0.3) is 0 Å². The summed E-state index contributed by atoms with van der Waals surface area (Å²) in [5, 5.41) is 18.0. The second kappa shape index (κ2) is 5.59. The quantitative estimate of drug-likeness (QED) is 0.757. The summed E-state index contributed by atoms with van der Waals surface area (Å²) >= 11 is 0. The van der Waals surface area contributed by atoms with Crippen LogP contribution in [-0.4, -0.2) is 45.5 Å². The molecule has 2 N–H and O–H groups in total. The lowest BCUT2D eigenvalue weighted by Gasteiger charge is -2.40. The van der Waals surface area contributed by atoms with E-state index in [1.165, 1.54) is 4.90 Å². The van der Waals surface area contributed by atoms with Crippen molar-refractivity contribution < 1.29 is 24.6 Å². The Morgan fingerprint density at radius 1 is 1.32 bits per heavy atom. The van der Waals surface area contributed by atoms with Gasteiger partial charge < -0.3 is 15.1 Å². The third-order valence-corrected chi connectivity index (χ3v) is 3.77. The first-order valence-corrected chi connectivity index (χ1v) is 6.47. The lowest BCUT2D eigenvalue weighted by molar-refractivity contribution is -0.161. The van der Waals surface area contributed by atoms with Crippen LogP contribution in [0.15, 0.2) is 0 Å². The number of hydrogen-bond donors (Lipinski definition) is 2. The number of rotatable bonds is 6. The summed E-state index contributed by atoms with van der Waals surface area (Å²) < 4.78 is 0. The number of amides is 1. The van der Waals surface area contributed by atoms with Crippen molar-refractivity contribution in [1.82, 2.24) is 4.90 Å². The van der Waals surface area contributed by atoms with Crippen LogP contribution in [0.2, 0.25) is 0 Å². The van der Waals surface area contributed by atoms with Crippen molar-refractivity contribution in [1.29, 1.82) is 0 Å². The zero-order chi connectivity index (χ0) is 14.8. The van der Waals surface area contributed by atoms with Gasteiger partial charge in [0.05, 0.1) is 5.41 Å². The molecule has 1 rings (SSSR count). The molecule has 0 spiro atoms. The predicted octanol–water partition coefficient (Wildman–Crippen LogP) is 1.20. The molecule has 6 heteroatoms. The van der Waals surface area contributed by atoms with E-state index >= 15 is 0 Å². The van der Waals surface area contributed by atoms with Crippen LogP contribution in [0.4, 0.5) is 0 Å². The van der Waals surface area contributed by atoms with Crippen molar-refractivity contribution in [3.63, 3.8) is 0 Å². The number of nitrogens with zero attached hydrogens (tertiary/aromatic N) is 1.